The number of hydrogen-bond donors (Lipinski definition) is 2. The van der Waals surface area contributed by atoms with Gasteiger partial charge in [-0.25, -0.2) is 4.79 Å². The maximum Gasteiger partial charge on any atom is 0.407 e. The lowest BCUT2D eigenvalue weighted by molar-refractivity contribution is 0.147. The normalized spacial score (nSPS) is 10.5. The Kier molecular flexibility index (Phi) is 6.97. The first-order chi connectivity index (χ1) is 9.11. The molecule has 1 amide bonds. The summed E-state index contributed by atoms with van der Waals surface area (Å²) in [5.41, 5.74) is 2.41. The molecule has 0 saturated carbocycles. The molecule has 2 N–H and O–H groups in total. The molecule has 0 bridgehead atoms. The van der Waals surface area contributed by atoms with Crippen molar-refractivity contribution in [3.8, 4) is 0 Å². The van der Waals surface area contributed by atoms with Crippen molar-refractivity contribution >= 4 is 6.09 Å². The second-order valence-corrected chi connectivity index (χ2v) is 5.01. The highest BCUT2D eigenvalue weighted by atomic mass is 16.5. The number of nitrogens with one attached hydrogen (secondary N) is 2. The third-order valence-electron chi connectivity index (χ3n) is 2.69. The van der Waals surface area contributed by atoms with E-state index in [1.165, 1.54) is 5.56 Å². The predicted molar refractivity (Wildman–Crippen MR) is 77.1 cm³/mol. The first-order valence-corrected chi connectivity index (χ1v) is 6.75. The first-order valence-electron chi connectivity index (χ1n) is 6.75. The molecular formula is C15H24N2O2. The SMILES string of the molecule is CNCCOC(=O)NCc1ccc(CC(C)C)cc1. The number of carbonyl (C=O) groups excluding carboxylic acids is 1. The van der Waals surface area contributed by atoms with Crippen LogP contribution in [-0.4, -0.2) is 26.3 Å². The van der Waals surface area contributed by atoms with E-state index in [9.17, 15) is 4.79 Å². The van der Waals surface area contributed by atoms with E-state index in [-0.39, 0.29) is 6.09 Å². The highest BCUT2D eigenvalue weighted by Crippen LogP contribution is 2.09. The van der Waals surface area contributed by atoms with E-state index < -0.39 is 0 Å². The van der Waals surface area contributed by atoms with Crippen LogP contribution in [0.1, 0.15) is 25.0 Å². The molecule has 0 unspecified atom stereocenters. The number of ether oxygens (including phenoxy) is 1. The van der Waals surface area contributed by atoms with Crippen molar-refractivity contribution in [1.82, 2.24) is 10.6 Å². The standard InChI is InChI=1S/C15H24N2O2/c1-12(2)10-13-4-6-14(7-5-13)11-17-15(18)19-9-8-16-3/h4-7,12,16H,8-11H2,1-3H3,(H,17,18). The summed E-state index contributed by atoms with van der Waals surface area (Å²) in [6.45, 7) is 5.96. The molecule has 1 aromatic rings. The molecule has 0 aliphatic rings. The maximum atomic E-state index is 11.3. The molecule has 1 aromatic carbocycles. The zero-order valence-corrected chi connectivity index (χ0v) is 12.0. The van der Waals surface area contributed by atoms with Crippen LogP contribution < -0.4 is 10.6 Å². The van der Waals surface area contributed by atoms with E-state index in [1.54, 1.807) is 0 Å². The largest absolute Gasteiger partial charge is 0.448 e. The first kappa shape index (κ1) is 15.5. The number of likely N-dealkylation sites (N-methyl/N-ethyl adjacent to an activating group) is 1. The summed E-state index contributed by atoms with van der Waals surface area (Å²) in [6.07, 6.45) is 0.709. The minimum Gasteiger partial charge on any atom is -0.448 e. The highest BCUT2D eigenvalue weighted by Gasteiger charge is 2.02. The van der Waals surface area contributed by atoms with Gasteiger partial charge >= 0.3 is 6.09 Å². The molecule has 0 aliphatic carbocycles. The van der Waals surface area contributed by atoms with Gasteiger partial charge in [0.1, 0.15) is 6.61 Å². The van der Waals surface area contributed by atoms with Crippen LogP contribution in [0.15, 0.2) is 24.3 Å². The van der Waals surface area contributed by atoms with Crippen molar-refractivity contribution in [2.24, 2.45) is 5.92 Å². The van der Waals surface area contributed by atoms with Gasteiger partial charge in [0.25, 0.3) is 0 Å². The summed E-state index contributed by atoms with van der Waals surface area (Å²) in [5, 5.41) is 5.64. The topological polar surface area (TPSA) is 50.4 Å². The smallest absolute Gasteiger partial charge is 0.407 e. The molecule has 0 atom stereocenters. The molecule has 106 valence electrons. The molecule has 0 saturated heterocycles. The Morgan fingerprint density at radius 1 is 1.21 bits per heavy atom. The number of rotatable bonds is 7. The third kappa shape index (κ3) is 6.82. The van der Waals surface area contributed by atoms with Crippen LogP contribution in [0, 0.1) is 5.92 Å². The van der Waals surface area contributed by atoms with Crippen LogP contribution in [0.5, 0.6) is 0 Å². The number of carbonyl (C=O) groups is 1. The zero-order valence-electron chi connectivity index (χ0n) is 12.0. The number of alkyl carbamates (subject to hydrolysis) is 1. The third-order valence-corrected chi connectivity index (χ3v) is 2.69. The van der Waals surface area contributed by atoms with Gasteiger partial charge < -0.3 is 15.4 Å². The summed E-state index contributed by atoms with van der Waals surface area (Å²) >= 11 is 0. The summed E-state index contributed by atoms with van der Waals surface area (Å²) in [4.78, 5) is 11.3. The second kappa shape index (κ2) is 8.53. The predicted octanol–water partition coefficient (Wildman–Crippen LogP) is 2.33. The fraction of sp³-hybridized carbons (Fsp3) is 0.533. The molecule has 0 fully saturated rings. The molecule has 19 heavy (non-hydrogen) atoms. The monoisotopic (exact) mass is 264 g/mol. The van der Waals surface area contributed by atoms with Gasteiger partial charge in [-0.15, -0.1) is 0 Å². The minimum atomic E-state index is -0.374. The van der Waals surface area contributed by atoms with E-state index in [2.05, 4.69) is 36.6 Å². The fourth-order valence-corrected chi connectivity index (χ4v) is 1.74. The molecule has 1 rings (SSSR count). The summed E-state index contributed by atoms with van der Waals surface area (Å²) in [5.74, 6) is 0.658. The molecular weight excluding hydrogens is 240 g/mol. The molecule has 0 aromatic heterocycles. The Morgan fingerprint density at radius 2 is 1.84 bits per heavy atom. The van der Waals surface area contributed by atoms with Crippen LogP contribution in [0.2, 0.25) is 0 Å². The molecule has 0 radical (unpaired) electrons. The Morgan fingerprint density at radius 3 is 2.42 bits per heavy atom. The van der Waals surface area contributed by atoms with E-state index in [4.69, 9.17) is 4.74 Å². The average molecular weight is 264 g/mol. The maximum absolute atomic E-state index is 11.3. The molecule has 4 heteroatoms. The summed E-state index contributed by atoms with van der Waals surface area (Å²) in [6, 6.07) is 8.32. The van der Waals surface area contributed by atoms with Crippen molar-refractivity contribution in [1.29, 1.82) is 0 Å². The van der Waals surface area contributed by atoms with Crippen LogP contribution in [0.3, 0.4) is 0 Å². The van der Waals surface area contributed by atoms with Crippen LogP contribution in [0.25, 0.3) is 0 Å². The van der Waals surface area contributed by atoms with Crippen LogP contribution >= 0.6 is 0 Å². The van der Waals surface area contributed by atoms with Crippen molar-refractivity contribution in [3.05, 3.63) is 35.4 Å². The Balaban J connectivity index is 2.31. The lowest BCUT2D eigenvalue weighted by Crippen LogP contribution is -2.26. The zero-order chi connectivity index (χ0) is 14.1. The van der Waals surface area contributed by atoms with Crippen molar-refractivity contribution in [3.63, 3.8) is 0 Å². The van der Waals surface area contributed by atoms with Gasteiger partial charge in [0.05, 0.1) is 0 Å². The van der Waals surface area contributed by atoms with Crippen LogP contribution in [-0.2, 0) is 17.7 Å². The van der Waals surface area contributed by atoms with Gasteiger partial charge in [-0.3, -0.25) is 0 Å². The van der Waals surface area contributed by atoms with Gasteiger partial charge in [-0.2, -0.15) is 0 Å². The molecule has 0 spiro atoms. The highest BCUT2D eigenvalue weighted by molar-refractivity contribution is 5.67. The average Bonchev–Trinajstić information content (AvgIpc) is 2.37. The van der Waals surface area contributed by atoms with Crippen molar-refractivity contribution in [2.75, 3.05) is 20.2 Å². The van der Waals surface area contributed by atoms with Gasteiger partial charge in [0.15, 0.2) is 0 Å². The van der Waals surface area contributed by atoms with Gasteiger partial charge in [-0.1, -0.05) is 38.1 Å². The molecule has 0 heterocycles. The van der Waals surface area contributed by atoms with Gasteiger partial charge in [0, 0.05) is 13.1 Å². The van der Waals surface area contributed by atoms with Gasteiger partial charge in [0.2, 0.25) is 0 Å². The van der Waals surface area contributed by atoms with Gasteiger partial charge in [-0.05, 0) is 30.5 Å². The number of benzene rings is 1. The molecule has 0 aliphatic heterocycles. The summed E-state index contributed by atoms with van der Waals surface area (Å²) in [7, 11) is 1.82. The van der Waals surface area contributed by atoms with E-state index >= 15 is 0 Å². The fourth-order valence-electron chi connectivity index (χ4n) is 1.74. The number of hydrogen-bond acceptors (Lipinski definition) is 3. The lowest BCUT2D eigenvalue weighted by atomic mass is 10.0. The van der Waals surface area contributed by atoms with Crippen molar-refractivity contribution < 1.29 is 9.53 Å². The Hall–Kier alpha value is -1.55. The van der Waals surface area contributed by atoms with Crippen LogP contribution in [0.4, 0.5) is 4.79 Å². The second-order valence-electron chi connectivity index (χ2n) is 5.01. The van der Waals surface area contributed by atoms with E-state index in [0.29, 0.717) is 25.6 Å². The Labute approximate surface area is 115 Å². The summed E-state index contributed by atoms with van der Waals surface area (Å²) < 4.78 is 4.97. The Bertz CT molecular complexity index is 374. The quantitative estimate of drug-likeness (QED) is 0.743. The number of amides is 1. The van der Waals surface area contributed by atoms with E-state index in [1.807, 2.05) is 19.2 Å². The van der Waals surface area contributed by atoms with Crippen molar-refractivity contribution in [2.45, 2.75) is 26.8 Å². The molecule has 4 nitrogen and oxygen atoms in total. The lowest BCUT2D eigenvalue weighted by Gasteiger charge is -2.08. The van der Waals surface area contributed by atoms with E-state index in [0.717, 1.165) is 12.0 Å². The minimum absolute atomic E-state index is 0.374.